The highest BCUT2D eigenvalue weighted by Gasteiger charge is 2.21. The number of nitrogens with zero attached hydrogens (tertiary/aromatic N) is 1. The third-order valence-electron chi connectivity index (χ3n) is 1.51. The molecule has 1 fully saturated rings. The summed E-state index contributed by atoms with van der Waals surface area (Å²) in [7, 11) is 0. The van der Waals surface area contributed by atoms with Crippen LogP contribution in [0.5, 0.6) is 0 Å². The van der Waals surface area contributed by atoms with Gasteiger partial charge in [-0.05, 0) is 12.8 Å². The van der Waals surface area contributed by atoms with Crippen molar-refractivity contribution in [2.45, 2.75) is 25.0 Å². The van der Waals surface area contributed by atoms with Crippen LogP contribution >= 0.6 is 0 Å². The van der Waals surface area contributed by atoms with Crippen molar-refractivity contribution in [2.75, 3.05) is 6.61 Å². The molecule has 2 N–H and O–H groups in total. The second-order valence-corrected chi connectivity index (χ2v) is 2.21. The summed E-state index contributed by atoms with van der Waals surface area (Å²) in [5.41, 5.74) is 5.39. The lowest BCUT2D eigenvalue weighted by atomic mass is 10.1. The van der Waals surface area contributed by atoms with Crippen molar-refractivity contribution in [3.8, 4) is 6.07 Å². The Morgan fingerprint density at radius 1 is 1.78 bits per heavy atom. The van der Waals surface area contributed by atoms with E-state index in [0.29, 0.717) is 0 Å². The fourth-order valence-electron chi connectivity index (χ4n) is 0.969. The Kier molecular flexibility index (Phi) is 2.04. The van der Waals surface area contributed by atoms with E-state index >= 15 is 0 Å². The Labute approximate surface area is 54.4 Å². The first kappa shape index (κ1) is 6.53. The second kappa shape index (κ2) is 2.81. The van der Waals surface area contributed by atoms with E-state index in [1.54, 1.807) is 0 Å². The van der Waals surface area contributed by atoms with Gasteiger partial charge in [-0.3, -0.25) is 0 Å². The van der Waals surface area contributed by atoms with Crippen LogP contribution in [0.15, 0.2) is 0 Å². The van der Waals surface area contributed by atoms with Gasteiger partial charge >= 0.3 is 0 Å². The van der Waals surface area contributed by atoms with E-state index in [2.05, 4.69) is 0 Å². The molecule has 3 heteroatoms. The lowest BCUT2D eigenvalue weighted by molar-refractivity contribution is 0.103. The topological polar surface area (TPSA) is 59.0 Å². The minimum atomic E-state index is -0.424. The molecule has 0 aliphatic carbocycles. The summed E-state index contributed by atoms with van der Waals surface area (Å²) in [6.07, 6.45) is 1.98. The number of nitrogens with two attached hydrogens (primary N) is 1. The lowest BCUT2D eigenvalue weighted by Gasteiger charge is -2.09. The van der Waals surface area contributed by atoms with Gasteiger partial charge in [0.15, 0.2) is 0 Å². The van der Waals surface area contributed by atoms with Crippen LogP contribution < -0.4 is 5.73 Å². The Balaban J connectivity index is 2.34. The molecular weight excluding hydrogens is 116 g/mol. The second-order valence-electron chi connectivity index (χ2n) is 2.21. The Morgan fingerprint density at radius 2 is 2.56 bits per heavy atom. The lowest BCUT2D eigenvalue weighted by Crippen LogP contribution is -2.32. The van der Waals surface area contributed by atoms with E-state index < -0.39 is 6.04 Å². The standard InChI is InChI=1S/C6H10N2O/c7-4-5(8)6-2-1-3-9-6/h5-6H,1-3,8H2/t5-,6+/m0/s1. The van der Waals surface area contributed by atoms with Gasteiger partial charge in [-0.25, -0.2) is 0 Å². The van der Waals surface area contributed by atoms with Crippen LogP contribution in [0.3, 0.4) is 0 Å². The molecule has 2 atom stereocenters. The number of hydrogen-bond donors (Lipinski definition) is 1. The molecule has 1 rings (SSSR count). The van der Waals surface area contributed by atoms with Crippen LogP contribution in [0.2, 0.25) is 0 Å². The average molecular weight is 126 g/mol. The van der Waals surface area contributed by atoms with Crippen LogP contribution in [0.4, 0.5) is 0 Å². The van der Waals surface area contributed by atoms with E-state index in [-0.39, 0.29) is 6.10 Å². The highest BCUT2D eigenvalue weighted by Crippen LogP contribution is 2.13. The van der Waals surface area contributed by atoms with Gasteiger partial charge in [-0.2, -0.15) is 5.26 Å². The molecule has 1 aliphatic rings. The molecule has 50 valence electrons. The van der Waals surface area contributed by atoms with Crippen molar-refractivity contribution in [2.24, 2.45) is 5.73 Å². The maximum atomic E-state index is 8.34. The molecule has 0 bridgehead atoms. The van der Waals surface area contributed by atoms with Crippen molar-refractivity contribution in [1.82, 2.24) is 0 Å². The maximum Gasteiger partial charge on any atom is 0.119 e. The van der Waals surface area contributed by atoms with Gasteiger partial charge in [0.05, 0.1) is 12.2 Å². The van der Waals surface area contributed by atoms with Gasteiger partial charge in [-0.15, -0.1) is 0 Å². The molecule has 0 aromatic carbocycles. The van der Waals surface area contributed by atoms with Gasteiger partial charge in [-0.1, -0.05) is 0 Å². The fourth-order valence-corrected chi connectivity index (χ4v) is 0.969. The number of nitriles is 1. The van der Waals surface area contributed by atoms with Gasteiger partial charge in [0.25, 0.3) is 0 Å². The van der Waals surface area contributed by atoms with Crippen LogP contribution in [0.1, 0.15) is 12.8 Å². The molecule has 0 spiro atoms. The molecule has 3 nitrogen and oxygen atoms in total. The summed E-state index contributed by atoms with van der Waals surface area (Å²) in [6.45, 7) is 0.764. The van der Waals surface area contributed by atoms with Crippen molar-refractivity contribution in [1.29, 1.82) is 5.26 Å². The van der Waals surface area contributed by atoms with Gasteiger partial charge in [0.2, 0.25) is 0 Å². The van der Waals surface area contributed by atoms with Crippen LogP contribution in [-0.4, -0.2) is 18.8 Å². The fraction of sp³-hybridized carbons (Fsp3) is 0.833. The number of ether oxygens (including phenoxy) is 1. The predicted molar refractivity (Wildman–Crippen MR) is 32.6 cm³/mol. The first-order valence-electron chi connectivity index (χ1n) is 3.11. The highest BCUT2D eigenvalue weighted by molar-refractivity contribution is 4.94. The summed E-state index contributed by atoms with van der Waals surface area (Å²) in [5, 5.41) is 8.34. The van der Waals surface area contributed by atoms with E-state index in [1.807, 2.05) is 6.07 Å². The van der Waals surface area contributed by atoms with Crippen molar-refractivity contribution < 1.29 is 4.74 Å². The van der Waals surface area contributed by atoms with Crippen molar-refractivity contribution >= 4 is 0 Å². The van der Waals surface area contributed by atoms with Gasteiger partial charge in [0.1, 0.15) is 6.04 Å². The Morgan fingerprint density at radius 3 is 3.00 bits per heavy atom. The van der Waals surface area contributed by atoms with Crippen LogP contribution in [0.25, 0.3) is 0 Å². The molecule has 0 unspecified atom stereocenters. The van der Waals surface area contributed by atoms with Crippen molar-refractivity contribution in [3.05, 3.63) is 0 Å². The molecule has 0 aromatic rings. The molecule has 1 aliphatic heterocycles. The van der Waals surface area contributed by atoms with Crippen molar-refractivity contribution in [3.63, 3.8) is 0 Å². The highest BCUT2D eigenvalue weighted by atomic mass is 16.5. The Bertz CT molecular complexity index is 124. The zero-order valence-corrected chi connectivity index (χ0v) is 5.21. The molecule has 0 aromatic heterocycles. The molecule has 0 radical (unpaired) electrons. The normalized spacial score (nSPS) is 29.6. The first-order valence-corrected chi connectivity index (χ1v) is 3.11. The summed E-state index contributed by atoms with van der Waals surface area (Å²) >= 11 is 0. The van der Waals surface area contributed by atoms with E-state index in [9.17, 15) is 0 Å². The third-order valence-corrected chi connectivity index (χ3v) is 1.51. The minimum absolute atomic E-state index is 0.00463. The molecular formula is C6H10N2O. The largest absolute Gasteiger partial charge is 0.375 e. The quantitative estimate of drug-likeness (QED) is 0.538. The molecule has 9 heavy (non-hydrogen) atoms. The number of hydrogen-bond acceptors (Lipinski definition) is 3. The van der Waals surface area contributed by atoms with Gasteiger partial charge < -0.3 is 10.5 Å². The predicted octanol–water partition coefficient (Wildman–Crippen LogP) is 0.0163. The zero-order chi connectivity index (χ0) is 6.69. The SMILES string of the molecule is N#C[C@H](N)[C@H]1CCCO1. The number of rotatable bonds is 1. The smallest absolute Gasteiger partial charge is 0.119 e. The van der Waals surface area contributed by atoms with E-state index in [4.69, 9.17) is 15.7 Å². The van der Waals surface area contributed by atoms with Gasteiger partial charge in [0, 0.05) is 6.61 Å². The summed E-state index contributed by atoms with van der Waals surface area (Å²) in [4.78, 5) is 0. The monoisotopic (exact) mass is 126 g/mol. The molecule has 1 saturated heterocycles. The van der Waals surface area contributed by atoms with E-state index in [1.165, 1.54) is 0 Å². The summed E-state index contributed by atoms with van der Waals surface area (Å²) in [5.74, 6) is 0. The molecule has 1 heterocycles. The average Bonchev–Trinajstić information content (AvgIpc) is 2.37. The minimum Gasteiger partial charge on any atom is -0.375 e. The third kappa shape index (κ3) is 1.41. The summed E-state index contributed by atoms with van der Waals surface area (Å²) < 4.78 is 5.16. The summed E-state index contributed by atoms with van der Waals surface area (Å²) in [6, 6.07) is 1.54. The first-order chi connectivity index (χ1) is 4.34. The van der Waals surface area contributed by atoms with E-state index in [0.717, 1.165) is 19.4 Å². The van der Waals surface area contributed by atoms with Crippen LogP contribution in [0, 0.1) is 11.3 Å². The molecule has 0 saturated carbocycles. The Hall–Kier alpha value is -0.590. The van der Waals surface area contributed by atoms with Crippen LogP contribution in [-0.2, 0) is 4.74 Å². The maximum absolute atomic E-state index is 8.34. The zero-order valence-electron chi connectivity index (χ0n) is 5.21. The molecule has 0 amide bonds.